The number of halogens is 2. The van der Waals surface area contributed by atoms with Crippen molar-refractivity contribution in [3.63, 3.8) is 0 Å². The summed E-state index contributed by atoms with van der Waals surface area (Å²) in [5.74, 6) is -0.548. The number of carbonyl (C=O) groups is 2. The van der Waals surface area contributed by atoms with Crippen LogP contribution in [0.5, 0.6) is 5.75 Å². The number of hydrogen-bond donors (Lipinski definition) is 1. The van der Waals surface area contributed by atoms with Crippen LogP contribution in [0.15, 0.2) is 65.6 Å². The molecule has 242 valence electrons. The Balaban J connectivity index is 1.78. The van der Waals surface area contributed by atoms with Crippen molar-refractivity contribution in [3.8, 4) is 5.75 Å². The van der Waals surface area contributed by atoms with Crippen LogP contribution in [0.2, 0.25) is 10.0 Å². The lowest BCUT2D eigenvalue weighted by Gasteiger charge is -2.35. The molecule has 1 atom stereocenters. The van der Waals surface area contributed by atoms with Crippen molar-refractivity contribution < 1.29 is 22.7 Å². The lowest BCUT2D eigenvalue weighted by molar-refractivity contribution is -0.140. The molecular weight excluding hydrogens is 633 g/mol. The van der Waals surface area contributed by atoms with Gasteiger partial charge in [0.05, 0.1) is 17.7 Å². The van der Waals surface area contributed by atoms with Crippen molar-refractivity contribution in [2.75, 3.05) is 18.0 Å². The van der Waals surface area contributed by atoms with Gasteiger partial charge >= 0.3 is 0 Å². The van der Waals surface area contributed by atoms with E-state index in [2.05, 4.69) is 5.32 Å². The van der Waals surface area contributed by atoms with E-state index in [1.807, 2.05) is 20.8 Å². The molecule has 0 saturated heterocycles. The normalized spacial score (nSPS) is 14.4. The minimum atomic E-state index is -4.25. The minimum Gasteiger partial charge on any atom is -0.495 e. The minimum absolute atomic E-state index is 0.0190. The van der Waals surface area contributed by atoms with Crippen LogP contribution < -0.4 is 14.4 Å². The molecule has 1 fully saturated rings. The van der Waals surface area contributed by atoms with E-state index in [-0.39, 0.29) is 29.1 Å². The van der Waals surface area contributed by atoms with Crippen LogP contribution in [0.3, 0.4) is 0 Å². The second-order valence-corrected chi connectivity index (χ2v) is 14.2. The first-order valence-corrected chi connectivity index (χ1v) is 17.4. The number of nitrogens with one attached hydrogen (secondary N) is 1. The number of carbonyl (C=O) groups excluding carboxylic acids is 2. The van der Waals surface area contributed by atoms with Crippen molar-refractivity contribution >= 4 is 50.7 Å². The zero-order valence-corrected chi connectivity index (χ0v) is 28.5. The van der Waals surface area contributed by atoms with Gasteiger partial charge in [0.15, 0.2) is 0 Å². The summed E-state index contributed by atoms with van der Waals surface area (Å²) >= 11 is 12.7. The van der Waals surface area contributed by atoms with Crippen molar-refractivity contribution in [2.45, 2.75) is 82.8 Å². The molecule has 1 N–H and O–H groups in total. The van der Waals surface area contributed by atoms with Gasteiger partial charge in [-0.05, 0) is 80.6 Å². The van der Waals surface area contributed by atoms with Gasteiger partial charge in [-0.1, -0.05) is 79.2 Å². The van der Waals surface area contributed by atoms with Gasteiger partial charge in [-0.3, -0.25) is 13.9 Å². The molecule has 1 saturated carbocycles. The third-order valence-corrected chi connectivity index (χ3v) is 10.5. The average Bonchev–Trinajstić information content (AvgIpc) is 3.01. The van der Waals surface area contributed by atoms with Gasteiger partial charge < -0.3 is 15.0 Å². The summed E-state index contributed by atoms with van der Waals surface area (Å²) in [6.45, 7) is 4.94. The maximum Gasteiger partial charge on any atom is 0.264 e. The van der Waals surface area contributed by atoms with Crippen LogP contribution in [0.25, 0.3) is 0 Å². The average molecular weight is 675 g/mol. The Morgan fingerprint density at radius 2 is 1.62 bits per heavy atom. The fourth-order valence-corrected chi connectivity index (χ4v) is 7.53. The third kappa shape index (κ3) is 8.51. The van der Waals surface area contributed by atoms with E-state index in [0.717, 1.165) is 47.5 Å². The molecule has 0 aromatic heterocycles. The number of amides is 2. The zero-order valence-electron chi connectivity index (χ0n) is 26.2. The third-order valence-electron chi connectivity index (χ3n) is 8.18. The Hall–Kier alpha value is -3.27. The van der Waals surface area contributed by atoms with Crippen LogP contribution in [0, 0.1) is 13.8 Å². The van der Waals surface area contributed by atoms with Crippen molar-refractivity contribution in [1.82, 2.24) is 10.2 Å². The molecule has 1 aliphatic rings. The molecule has 0 unspecified atom stereocenters. The lowest BCUT2D eigenvalue weighted by atomic mass is 9.95. The number of methoxy groups -OCH3 is 1. The smallest absolute Gasteiger partial charge is 0.264 e. The highest BCUT2D eigenvalue weighted by Gasteiger charge is 2.35. The number of nitrogens with zero attached hydrogens (tertiary/aromatic N) is 2. The molecule has 45 heavy (non-hydrogen) atoms. The maximum absolute atomic E-state index is 14.5. The summed E-state index contributed by atoms with van der Waals surface area (Å²) in [4.78, 5) is 29.7. The Labute approximate surface area is 276 Å². The monoisotopic (exact) mass is 673 g/mol. The van der Waals surface area contributed by atoms with Gasteiger partial charge in [-0.2, -0.15) is 0 Å². The number of anilines is 1. The molecule has 1 aliphatic carbocycles. The van der Waals surface area contributed by atoms with E-state index in [0.29, 0.717) is 27.8 Å². The number of benzene rings is 3. The molecule has 0 heterocycles. The quantitative estimate of drug-likeness (QED) is 0.222. The van der Waals surface area contributed by atoms with Gasteiger partial charge in [0.25, 0.3) is 10.0 Å². The topological polar surface area (TPSA) is 96.0 Å². The fourth-order valence-electron chi connectivity index (χ4n) is 5.64. The van der Waals surface area contributed by atoms with E-state index >= 15 is 0 Å². The molecule has 4 rings (SSSR count). The standard InChI is InChI=1S/C34H41Cl2N3O5S/c1-5-30(34(41)37-27-9-7-6-8-10-27)38(21-25-14-15-26(35)20-29(25)36)33(40)22-39(31-19-24(3)13-18-32(31)44-4)45(42,43)28-16-11-23(2)12-17-28/h11-20,27,30H,5-10,21-22H2,1-4H3,(H,37,41)/t30-/m0/s1. The first kappa shape index (κ1) is 34.6. The van der Waals surface area contributed by atoms with Gasteiger partial charge in [0.1, 0.15) is 18.3 Å². The van der Waals surface area contributed by atoms with Crippen LogP contribution >= 0.6 is 23.2 Å². The van der Waals surface area contributed by atoms with Gasteiger partial charge in [-0.25, -0.2) is 8.42 Å². The number of aryl methyl sites for hydroxylation is 2. The largest absolute Gasteiger partial charge is 0.495 e. The Bertz CT molecular complexity index is 1610. The highest BCUT2D eigenvalue weighted by molar-refractivity contribution is 7.92. The predicted molar refractivity (Wildman–Crippen MR) is 180 cm³/mol. The summed E-state index contributed by atoms with van der Waals surface area (Å²) in [6.07, 6.45) is 5.29. The van der Waals surface area contributed by atoms with Gasteiger partial charge in [0.2, 0.25) is 11.8 Å². The van der Waals surface area contributed by atoms with E-state index in [1.165, 1.54) is 24.1 Å². The van der Waals surface area contributed by atoms with Crippen molar-refractivity contribution in [1.29, 1.82) is 0 Å². The fraction of sp³-hybridized carbons (Fsp3) is 0.412. The summed E-state index contributed by atoms with van der Waals surface area (Å²) in [5.41, 5.74) is 2.48. The van der Waals surface area contributed by atoms with Crippen LogP contribution in [0.1, 0.15) is 62.1 Å². The van der Waals surface area contributed by atoms with Crippen molar-refractivity contribution in [2.24, 2.45) is 0 Å². The van der Waals surface area contributed by atoms with Gasteiger partial charge in [0, 0.05) is 22.6 Å². The Morgan fingerprint density at radius 3 is 2.24 bits per heavy atom. The predicted octanol–water partition coefficient (Wildman–Crippen LogP) is 7.07. The van der Waals surface area contributed by atoms with E-state index < -0.39 is 28.5 Å². The highest BCUT2D eigenvalue weighted by atomic mass is 35.5. The van der Waals surface area contributed by atoms with Crippen LogP contribution in [-0.4, -0.2) is 50.9 Å². The number of hydrogen-bond acceptors (Lipinski definition) is 5. The molecule has 0 bridgehead atoms. The second-order valence-electron chi connectivity index (χ2n) is 11.5. The van der Waals surface area contributed by atoms with Crippen LogP contribution in [-0.2, 0) is 26.2 Å². The van der Waals surface area contributed by atoms with E-state index in [1.54, 1.807) is 48.5 Å². The zero-order chi connectivity index (χ0) is 32.7. The molecule has 3 aromatic rings. The van der Waals surface area contributed by atoms with Crippen LogP contribution in [0.4, 0.5) is 5.69 Å². The first-order valence-electron chi connectivity index (χ1n) is 15.2. The van der Waals surface area contributed by atoms with E-state index in [4.69, 9.17) is 27.9 Å². The summed E-state index contributed by atoms with van der Waals surface area (Å²) in [6, 6.07) is 15.7. The number of ether oxygens (including phenoxy) is 1. The molecule has 2 amide bonds. The molecule has 0 radical (unpaired) electrons. The Kier molecular flexibility index (Phi) is 11.8. The maximum atomic E-state index is 14.5. The summed E-state index contributed by atoms with van der Waals surface area (Å²) in [5, 5.41) is 3.92. The number of sulfonamides is 1. The molecular formula is C34H41Cl2N3O5S. The lowest BCUT2D eigenvalue weighted by Crippen LogP contribution is -2.54. The molecule has 11 heteroatoms. The van der Waals surface area contributed by atoms with E-state index in [9.17, 15) is 18.0 Å². The molecule has 8 nitrogen and oxygen atoms in total. The summed E-state index contributed by atoms with van der Waals surface area (Å²) in [7, 11) is -2.80. The summed E-state index contributed by atoms with van der Waals surface area (Å²) < 4.78 is 35.1. The SMILES string of the molecule is CC[C@@H](C(=O)NC1CCCCC1)N(Cc1ccc(Cl)cc1Cl)C(=O)CN(c1cc(C)ccc1OC)S(=O)(=O)c1ccc(C)cc1. The highest BCUT2D eigenvalue weighted by Crippen LogP contribution is 2.34. The Morgan fingerprint density at radius 1 is 0.956 bits per heavy atom. The first-order chi connectivity index (χ1) is 21.4. The van der Waals surface area contributed by atoms with Gasteiger partial charge in [-0.15, -0.1) is 0 Å². The number of rotatable bonds is 12. The molecule has 0 aliphatic heterocycles. The second kappa shape index (κ2) is 15.3. The molecule has 3 aromatic carbocycles. The molecule has 0 spiro atoms. The van der Waals surface area contributed by atoms with Crippen molar-refractivity contribution in [3.05, 3.63) is 87.4 Å².